The van der Waals surface area contributed by atoms with Gasteiger partial charge in [-0.3, -0.25) is 14.2 Å². The van der Waals surface area contributed by atoms with E-state index in [2.05, 4.69) is 40.6 Å². The highest BCUT2D eigenvalue weighted by Gasteiger charge is 2.09. The molecule has 4 rings (SSSR count). The van der Waals surface area contributed by atoms with Crippen LogP contribution in [0.1, 0.15) is 38.4 Å². The van der Waals surface area contributed by atoms with E-state index in [9.17, 15) is 4.79 Å². The van der Waals surface area contributed by atoms with Crippen LogP contribution in [0.2, 0.25) is 0 Å². The summed E-state index contributed by atoms with van der Waals surface area (Å²) in [5, 5.41) is 11.8. The van der Waals surface area contributed by atoms with Crippen molar-refractivity contribution in [3.63, 3.8) is 0 Å². The van der Waals surface area contributed by atoms with Gasteiger partial charge in [-0.05, 0) is 55.7 Å². The number of hydrogen-bond donors (Lipinski definition) is 1. The summed E-state index contributed by atoms with van der Waals surface area (Å²) < 4.78 is 3.79. The molecule has 0 aliphatic carbocycles. The van der Waals surface area contributed by atoms with Crippen molar-refractivity contribution in [3.8, 4) is 0 Å². The fourth-order valence-electron chi connectivity index (χ4n) is 3.45. The lowest BCUT2D eigenvalue weighted by atomic mass is 10.1. The summed E-state index contributed by atoms with van der Waals surface area (Å²) in [6.07, 6.45) is 3.52. The lowest BCUT2D eigenvalue weighted by molar-refractivity contribution is 0.102. The maximum atomic E-state index is 12.6. The maximum Gasteiger partial charge on any atom is 0.255 e. The highest BCUT2D eigenvalue weighted by molar-refractivity contribution is 6.04. The predicted molar refractivity (Wildman–Crippen MR) is 118 cm³/mol. The summed E-state index contributed by atoms with van der Waals surface area (Å²) in [6, 6.07) is 17.9. The van der Waals surface area contributed by atoms with E-state index in [1.54, 1.807) is 6.20 Å². The van der Waals surface area contributed by atoms with Gasteiger partial charge >= 0.3 is 0 Å². The van der Waals surface area contributed by atoms with Crippen LogP contribution in [0, 0.1) is 20.8 Å². The lowest BCUT2D eigenvalue weighted by Gasteiger charge is -2.07. The Bertz CT molecular complexity index is 1170. The number of nitrogens with zero attached hydrogens (tertiary/aromatic N) is 4. The summed E-state index contributed by atoms with van der Waals surface area (Å²) in [5.41, 5.74) is 6.95. The second-order valence-electron chi connectivity index (χ2n) is 7.59. The van der Waals surface area contributed by atoms with E-state index in [1.165, 1.54) is 11.1 Å². The Balaban J connectivity index is 1.39. The molecule has 6 nitrogen and oxygen atoms in total. The number of carbonyl (C=O) groups excluding carboxylic acids is 1. The minimum absolute atomic E-state index is 0.150. The zero-order valence-electron chi connectivity index (χ0n) is 17.5. The van der Waals surface area contributed by atoms with Gasteiger partial charge < -0.3 is 5.32 Å². The van der Waals surface area contributed by atoms with Gasteiger partial charge in [-0.2, -0.15) is 10.2 Å². The molecule has 4 aromatic rings. The molecule has 2 aromatic carbocycles. The largest absolute Gasteiger partial charge is 0.319 e. The quantitative estimate of drug-likeness (QED) is 0.524. The third kappa shape index (κ3) is 4.49. The number of rotatable bonds is 6. The van der Waals surface area contributed by atoms with Gasteiger partial charge in [0.25, 0.3) is 5.91 Å². The van der Waals surface area contributed by atoms with E-state index in [0.29, 0.717) is 24.3 Å². The lowest BCUT2D eigenvalue weighted by Crippen LogP contribution is -2.12. The Morgan fingerprint density at radius 3 is 2.47 bits per heavy atom. The zero-order chi connectivity index (χ0) is 21.1. The molecule has 30 heavy (non-hydrogen) atoms. The second kappa shape index (κ2) is 8.37. The van der Waals surface area contributed by atoms with Crippen LogP contribution in [0.5, 0.6) is 0 Å². The van der Waals surface area contributed by atoms with E-state index >= 15 is 0 Å². The summed E-state index contributed by atoms with van der Waals surface area (Å²) in [4.78, 5) is 12.6. The third-order valence-corrected chi connectivity index (χ3v) is 5.14. The van der Waals surface area contributed by atoms with E-state index in [0.717, 1.165) is 17.0 Å². The first-order chi connectivity index (χ1) is 14.5. The van der Waals surface area contributed by atoms with Crippen LogP contribution in [0.15, 0.2) is 67.0 Å². The molecule has 6 heteroatoms. The first kappa shape index (κ1) is 19.6. The molecule has 0 aliphatic rings. The van der Waals surface area contributed by atoms with Crippen molar-refractivity contribution in [2.75, 3.05) is 5.32 Å². The number of amides is 1. The molecule has 0 bridgehead atoms. The van der Waals surface area contributed by atoms with Crippen molar-refractivity contribution >= 4 is 11.6 Å². The molecule has 1 amide bonds. The molecule has 2 aromatic heterocycles. The molecule has 2 heterocycles. The summed E-state index contributed by atoms with van der Waals surface area (Å²) in [7, 11) is 0. The number of nitrogens with one attached hydrogen (secondary N) is 1. The molecule has 152 valence electrons. The monoisotopic (exact) mass is 399 g/mol. The molecule has 0 radical (unpaired) electrons. The Hall–Kier alpha value is -3.67. The van der Waals surface area contributed by atoms with Crippen molar-refractivity contribution in [1.82, 2.24) is 19.6 Å². The molecule has 1 N–H and O–H groups in total. The number of anilines is 1. The van der Waals surface area contributed by atoms with Crippen LogP contribution < -0.4 is 5.32 Å². The van der Waals surface area contributed by atoms with Crippen LogP contribution in [0.25, 0.3) is 0 Å². The van der Waals surface area contributed by atoms with Crippen LogP contribution in [0.4, 0.5) is 5.69 Å². The summed E-state index contributed by atoms with van der Waals surface area (Å²) >= 11 is 0. The molecule has 0 atom stereocenters. The van der Waals surface area contributed by atoms with E-state index in [-0.39, 0.29) is 5.91 Å². The highest BCUT2D eigenvalue weighted by atomic mass is 16.1. The van der Waals surface area contributed by atoms with Crippen molar-refractivity contribution in [2.24, 2.45) is 0 Å². The first-order valence-electron chi connectivity index (χ1n) is 9.96. The van der Waals surface area contributed by atoms with Gasteiger partial charge in [0.2, 0.25) is 0 Å². The number of carbonyl (C=O) groups is 1. The van der Waals surface area contributed by atoms with Gasteiger partial charge in [-0.15, -0.1) is 0 Å². The Labute approximate surface area is 176 Å². The summed E-state index contributed by atoms with van der Waals surface area (Å²) in [6.45, 7) is 7.47. The van der Waals surface area contributed by atoms with Crippen molar-refractivity contribution < 1.29 is 4.79 Å². The van der Waals surface area contributed by atoms with Crippen molar-refractivity contribution in [3.05, 3.63) is 101 Å². The molecule has 0 aliphatic heterocycles. The SMILES string of the molecule is Cc1cc(C)n(Cc2ccc(C(=O)Nc3cnn(Cc4ccccc4C)c3)cc2)n1. The van der Waals surface area contributed by atoms with Crippen molar-refractivity contribution in [2.45, 2.75) is 33.9 Å². The normalized spacial score (nSPS) is 10.9. The molecule has 0 unspecified atom stereocenters. The van der Waals surface area contributed by atoms with Gasteiger partial charge in [0.05, 0.1) is 30.7 Å². The van der Waals surface area contributed by atoms with E-state index < -0.39 is 0 Å². The van der Waals surface area contributed by atoms with E-state index in [4.69, 9.17) is 0 Å². The van der Waals surface area contributed by atoms with Crippen LogP contribution >= 0.6 is 0 Å². The van der Waals surface area contributed by atoms with Gasteiger partial charge in [0.1, 0.15) is 0 Å². The molecular formula is C24H25N5O. The number of benzene rings is 2. The first-order valence-corrected chi connectivity index (χ1v) is 9.96. The van der Waals surface area contributed by atoms with Gasteiger partial charge in [0, 0.05) is 17.5 Å². The zero-order valence-corrected chi connectivity index (χ0v) is 17.5. The summed E-state index contributed by atoms with van der Waals surface area (Å²) in [5.74, 6) is -0.150. The van der Waals surface area contributed by atoms with Gasteiger partial charge in [-0.1, -0.05) is 36.4 Å². The Kier molecular flexibility index (Phi) is 5.48. The number of hydrogen-bond acceptors (Lipinski definition) is 3. The smallest absolute Gasteiger partial charge is 0.255 e. The minimum atomic E-state index is -0.150. The van der Waals surface area contributed by atoms with Crippen molar-refractivity contribution in [1.29, 1.82) is 0 Å². The maximum absolute atomic E-state index is 12.6. The average molecular weight is 399 g/mol. The fourth-order valence-corrected chi connectivity index (χ4v) is 3.45. The molecule has 0 spiro atoms. The van der Waals surface area contributed by atoms with Crippen LogP contribution in [-0.4, -0.2) is 25.5 Å². The second-order valence-corrected chi connectivity index (χ2v) is 7.59. The number of aromatic nitrogens is 4. The fraction of sp³-hybridized carbons (Fsp3) is 0.208. The Morgan fingerprint density at radius 2 is 1.77 bits per heavy atom. The van der Waals surface area contributed by atoms with E-state index in [1.807, 2.05) is 65.8 Å². The molecular weight excluding hydrogens is 374 g/mol. The van der Waals surface area contributed by atoms with Crippen LogP contribution in [-0.2, 0) is 13.1 Å². The standard InChI is InChI=1S/C24H25N5O/c1-17-6-4-5-7-22(17)15-28-16-23(13-25-28)26-24(30)21-10-8-20(9-11-21)14-29-19(3)12-18(2)27-29/h4-13,16H,14-15H2,1-3H3,(H,26,30). The Morgan fingerprint density at radius 1 is 1.00 bits per heavy atom. The average Bonchev–Trinajstić information content (AvgIpc) is 3.29. The predicted octanol–water partition coefficient (Wildman–Crippen LogP) is 4.35. The third-order valence-electron chi connectivity index (χ3n) is 5.14. The van der Waals surface area contributed by atoms with Gasteiger partial charge in [0.15, 0.2) is 0 Å². The molecule has 0 saturated carbocycles. The minimum Gasteiger partial charge on any atom is -0.319 e. The molecule has 0 saturated heterocycles. The molecule has 0 fully saturated rings. The highest BCUT2D eigenvalue weighted by Crippen LogP contribution is 2.14. The number of aryl methyl sites for hydroxylation is 3. The topological polar surface area (TPSA) is 64.7 Å². The van der Waals surface area contributed by atoms with Crippen LogP contribution in [0.3, 0.4) is 0 Å². The van der Waals surface area contributed by atoms with Gasteiger partial charge in [-0.25, -0.2) is 0 Å².